The fraction of sp³-hybridized carbons (Fsp3) is 0.214. The second-order valence-electron chi connectivity index (χ2n) is 4.15. The van der Waals surface area contributed by atoms with Crippen LogP contribution in [0.4, 0.5) is 4.39 Å². The van der Waals surface area contributed by atoms with E-state index in [2.05, 4.69) is 4.98 Å². The van der Waals surface area contributed by atoms with Gasteiger partial charge in [-0.3, -0.25) is 0 Å². The fourth-order valence-electron chi connectivity index (χ4n) is 1.94. The second kappa shape index (κ2) is 5.04. The zero-order valence-electron chi connectivity index (χ0n) is 10.0. The van der Waals surface area contributed by atoms with Crippen LogP contribution in [0.1, 0.15) is 29.4 Å². The number of hydrogen-bond donors (Lipinski definition) is 2. The van der Waals surface area contributed by atoms with Gasteiger partial charge in [-0.25, -0.2) is 9.18 Å². The molecular weight excluding hydrogens is 233 g/mol. The number of benzene rings is 1. The van der Waals surface area contributed by atoms with Gasteiger partial charge in [-0.05, 0) is 47.9 Å². The summed E-state index contributed by atoms with van der Waals surface area (Å²) in [6.45, 7) is 2.00. The Balaban J connectivity index is 2.42. The van der Waals surface area contributed by atoms with Crippen LogP contribution in [0, 0.1) is 5.82 Å². The molecule has 0 aliphatic heterocycles. The largest absolute Gasteiger partial charge is 0.477 e. The van der Waals surface area contributed by atoms with Crippen LogP contribution in [-0.2, 0) is 6.42 Å². The Morgan fingerprint density at radius 1 is 1.33 bits per heavy atom. The number of carboxylic acids is 1. The average Bonchev–Trinajstić information content (AvgIpc) is 2.75. The molecule has 0 spiro atoms. The molecule has 18 heavy (non-hydrogen) atoms. The Morgan fingerprint density at radius 2 is 2.00 bits per heavy atom. The summed E-state index contributed by atoms with van der Waals surface area (Å²) in [5.74, 6) is -1.27. The lowest BCUT2D eigenvalue weighted by Gasteiger charge is -1.97. The van der Waals surface area contributed by atoms with E-state index in [4.69, 9.17) is 5.11 Å². The lowest BCUT2D eigenvalue weighted by Crippen LogP contribution is -2.00. The maximum absolute atomic E-state index is 12.8. The number of aryl methyl sites for hydroxylation is 1. The maximum Gasteiger partial charge on any atom is 0.352 e. The third-order valence-corrected chi connectivity index (χ3v) is 2.79. The minimum Gasteiger partial charge on any atom is -0.477 e. The third-order valence-electron chi connectivity index (χ3n) is 2.79. The van der Waals surface area contributed by atoms with Crippen molar-refractivity contribution < 1.29 is 14.3 Å². The molecule has 2 N–H and O–H groups in total. The van der Waals surface area contributed by atoms with E-state index in [0.29, 0.717) is 12.1 Å². The SMILES string of the molecule is CCCc1cc(-c2ccc(F)cc2)[nH]c1C(=O)O. The molecule has 0 atom stereocenters. The van der Waals surface area contributed by atoms with Crippen LogP contribution in [0.3, 0.4) is 0 Å². The van der Waals surface area contributed by atoms with Gasteiger partial charge >= 0.3 is 5.97 Å². The molecule has 0 saturated heterocycles. The predicted molar refractivity (Wildman–Crippen MR) is 67.1 cm³/mol. The van der Waals surface area contributed by atoms with Gasteiger partial charge in [0, 0.05) is 5.69 Å². The first kappa shape index (κ1) is 12.4. The number of aromatic amines is 1. The molecule has 0 radical (unpaired) electrons. The van der Waals surface area contributed by atoms with Crippen LogP contribution < -0.4 is 0 Å². The first-order valence-corrected chi connectivity index (χ1v) is 5.83. The summed E-state index contributed by atoms with van der Waals surface area (Å²) in [6.07, 6.45) is 1.58. The van der Waals surface area contributed by atoms with Crippen molar-refractivity contribution in [3.05, 3.63) is 47.4 Å². The van der Waals surface area contributed by atoms with Crippen molar-refractivity contribution in [3.63, 3.8) is 0 Å². The van der Waals surface area contributed by atoms with E-state index >= 15 is 0 Å². The lowest BCUT2D eigenvalue weighted by atomic mass is 10.1. The molecule has 1 heterocycles. The van der Waals surface area contributed by atoms with Crippen LogP contribution in [0.2, 0.25) is 0 Å². The zero-order chi connectivity index (χ0) is 13.1. The molecule has 0 amide bonds. The van der Waals surface area contributed by atoms with Crippen molar-refractivity contribution in [2.45, 2.75) is 19.8 Å². The van der Waals surface area contributed by atoms with Crippen LogP contribution in [0.25, 0.3) is 11.3 Å². The summed E-state index contributed by atoms with van der Waals surface area (Å²) >= 11 is 0. The highest BCUT2D eigenvalue weighted by Gasteiger charge is 2.14. The molecule has 4 heteroatoms. The van der Waals surface area contributed by atoms with Gasteiger partial charge in [0.05, 0.1) is 0 Å². The number of nitrogens with one attached hydrogen (secondary N) is 1. The van der Waals surface area contributed by atoms with E-state index in [9.17, 15) is 9.18 Å². The van der Waals surface area contributed by atoms with Crippen molar-refractivity contribution in [1.29, 1.82) is 0 Å². The topological polar surface area (TPSA) is 53.1 Å². The van der Waals surface area contributed by atoms with Gasteiger partial charge in [0.1, 0.15) is 11.5 Å². The molecule has 0 aliphatic carbocycles. The van der Waals surface area contributed by atoms with E-state index in [1.165, 1.54) is 12.1 Å². The molecule has 0 saturated carbocycles. The molecule has 2 rings (SSSR count). The van der Waals surface area contributed by atoms with Gasteiger partial charge in [0.2, 0.25) is 0 Å². The van der Waals surface area contributed by atoms with Crippen molar-refractivity contribution in [1.82, 2.24) is 4.98 Å². The minimum atomic E-state index is -0.966. The molecule has 0 aliphatic rings. The standard InChI is InChI=1S/C14H14FNO2/c1-2-3-10-8-12(16-13(10)14(17)18)9-4-6-11(15)7-5-9/h4-8,16H,2-3H2,1H3,(H,17,18). The van der Waals surface area contributed by atoms with Gasteiger partial charge in [0.25, 0.3) is 0 Å². The molecule has 2 aromatic rings. The number of halogens is 1. The van der Waals surface area contributed by atoms with Gasteiger partial charge < -0.3 is 10.1 Å². The number of aromatic carboxylic acids is 1. The number of rotatable bonds is 4. The molecule has 0 unspecified atom stereocenters. The molecule has 94 valence electrons. The Hall–Kier alpha value is -2.10. The molecule has 1 aromatic carbocycles. The summed E-state index contributed by atoms with van der Waals surface area (Å²) in [5.41, 5.74) is 2.48. The van der Waals surface area contributed by atoms with Crippen LogP contribution in [-0.4, -0.2) is 16.1 Å². The summed E-state index contributed by atoms with van der Waals surface area (Å²) in [6, 6.07) is 7.79. The van der Waals surface area contributed by atoms with Gasteiger partial charge in [-0.1, -0.05) is 13.3 Å². The molecule has 1 aromatic heterocycles. The fourth-order valence-corrected chi connectivity index (χ4v) is 1.94. The highest BCUT2D eigenvalue weighted by molar-refractivity contribution is 5.89. The van der Waals surface area contributed by atoms with Crippen LogP contribution >= 0.6 is 0 Å². The number of carboxylic acid groups (broad SMARTS) is 1. The van der Waals surface area contributed by atoms with Crippen LogP contribution in [0.15, 0.2) is 30.3 Å². The predicted octanol–water partition coefficient (Wildman–Crippen LogP) is 3.47. The maximum atomic E-state index is 12.8. The van der Waals surface area contributed by atoms with E-state index in [0.717, 1.165) is 17.5 Å². The molecule has 0 fully saturated rings. The first-order chi connectivity index (χ1) is 8.61. The Kier molecular flexibility index (Phi) is 3.46. The average molecular weight is 247 g/mol. The molecule has 0 bridgehead atoms. The summed E-state index contributed by atoms with van der Waals surface area (Å²) in [7, 11) is 0. The van der Waals surface area contributed by atoms with Crippen molar-refractivity contribution >= 4 is 5.97 Å². The third kappa shape index (κ3) is 2.42. The molecular formula is C14H14FNO2. The summed E-state index contributed by atoms with van der Waals surface area (Å²) in [5, 5.41) is 9.11. The second-order valence-corrected chi connectivity index (χ2v) is 4.15. The van der Waals surface area contributed by atoms with E-state index in [1.54, 1.807) is 12.1 Å². The monoisotopic (exact) mass is 247 g/mol. The Bertz CT molecular complexity index is 558. The van der Waals surface area contributed by atoms with E-state index in [1.807, 2.05) is 13.0 Å². The van der Waals surface area contributed by atoms with Crippen molar-refractivity contribution in [2.75, 3.05) is 0 Å². The van der Waals surface area contributed by atoms with Crippen molar-refractivity contribution in [3.8, 4) is 11.3 Å². The minimum absolute atomic E-state index is 0.219. The quantitative estimate of drug-likeness (QED) is 0.869. The van der Waals surface area contributed by atoms with Gasteiger partial charge in [-0.2, -0.15) is 0 Å². The Morgan fingerprint density at radius 3 is 2.56 bits per heavy atom. The van der Waals surface area contributed by atoms with Gasteiger partial charge in [0.15, 0.2) is 0 Å². The normalized spacial score (nSPS) is 10.6. The summed E-state index contributed by atoms with van der Waals surface area (Å²) < 4.78 is 12.8. The first-order valence-electron chi connectivity index (χ1n) is 5.83. The Labute approximate surface area is 104 Å². The number of carbonyl (C=O) groups is 1. The van der Waals surface area contributed by atoms with Crippen LogP contribution in [0.5, 0.6) is 0 Å². The number of H-pyrrole nitrogens is 1. The van der Waals surface area contributed by atoms with E-state index < -0.39 is 5.97 Å². The summed E-state index contributed by atoms with van der Waals surface area (Å²) in [4.78, 5) is 14.0. The number of aromatic nitrogens is 1. The molecule has 3 nitrogen and oxygen atoms in total. The van der Waals surface area contributed by atoms with Crippen molar-refractivity contribution in [2.24, 2.45) is 0 Å². The smallest absolute Gasteiger partial charge is 0.352 e. The zero-order valence-corrected chi connectivity index (χ0v) is 10.0. The number of hydrogen-bond acceptors (Lipinski definition) is 1. The highest BCUT2D eigenvalue weighted by Crippen LogP contribution is 2.23. The van der Waals surface area contributed by atoms with E-state index in [-0.39, 0.29) is 11.5 Å². The highest BCUT2D eigenvalue weighted by atomic mass is 19.1. The lowest BCUT2D eigenvalue weighted by molar-refractivity contribution is 0.0690. The van der Waals surface area contributed by atoms with Gasteiger partial charge in [-0.15, -0.1) is 0 Å².